The highest BCUT2D eigenvalue weighted by Crippen LogP contribution is 2.31. The van der Waals surface area contributed by atoms with Gasteiger partial charge in [-0.3, -0.25) is 14.0 Å². The van der Waals surface area contributed by atoms with E-state index in [9.17, 15) is 13.2 Å². The average molecular weight is 453 g/mol. The quantitative estimate of drug-likeness (QED) is 0.594. The van der Waals surface area contributed by atoms with Crippen molar-refractivity contribution in [1.29, 1.82) is 0 Å². The number of benzene rings is 2. The molecule has 2 aromatic carbocycles. The Balaban J connectivity index is 1.46. The number of hydrogen-bond donors (Lipinski definition) is 1. The van der Waals surface area contributed by atoms with Crippen LogP contribution in [-0.2, 0) is 21.9 Å². The lowest BCUT2D eigenvalue weighted by molar-refractivity contribution is -0.117. The molecule has 4 rings (SSSR count). The largest absolute Gasteiger partial charge is 0.353 e. The maximum atomic E-state index is 13.1. The van der Waals surface area contributed by atoms with Gasteiger partial charge in [-0.1, -0.05) is 24.3 Å². The predicted octanol–water partition coefficient (Wildman–Crippen LogP) is 3.63. The fourth-order valence-corrected chi connectivity index (χ4v) is 5.47. The van der Waals surface area contributed by atoms with Crippen molar-refractivity contribution < 1.29 is 13.2 Å². The van der Waals surface area contributed by atoms with Crippen molar-refractivity contribution in [3.63, 3.8) is 0 Å². The zero-order chi connectivity index (χ0) is 22.7. The maximum Gasteiger partial charge on any atom is 0.264 e. The van der Waals surface area contributed by atoms with Gasteiger partial charge in [0.15, 0.2) is 0 Å². The SMILES string of the molecule is CN(c1ccccc1)S(=O)(=O)c1cccc(NC(=O)CN2CCCC2c2cccn2C)c1. The molecule has 2 heterocycles. The van der Waals surface area contributed by atoms with Crippen LogP contribution in [0.2, 0.25) is 0 Å². The minimum atomic E-state index is -3.75. The highest BCUT2D eigenvalue weighted by atomic mass is 32.2. The monoisotopic (exact) mass is 452 g/mol. The van der Waals surface area contributed by atoms with E-state index in [1.165, 1.54) is 29.2 Å². The molecule has 1 unspecified atom stereocenters. The number of likely N-dealkylation sites (tertiary alicyclic amines) is 1. The van der Waals surface area contributed by atoms with Crippen LogP contribution in [0.5, 0.6) is 0 Å². The maximum absolute atomic E-state index is 13.1. The van der Waals surface area contributed by atoms with Crippen LogP contribution in [0.15, 0.2) is 77.8 Å². The first-order valence-electron chi connectivity index (χ1n) is 10.7. The van der Waals surface area contributed by atoms with Crippen LogP contribution >= 0.6 is 0 Å². The molecular formula is C24H28N4O3S. The summed E-state index contributed by atoms with van der Waals surface area (Å²) in [6.07, 6.45) is 4.08. The van der Waals surface area contributed by atoms with Crippen LogP contribution in [0, 0.1) is 0 Å². The molecular weight excluding hydrogens is 424 g/mol. The summed E-state index contributed by atoms with van der Waals surface area (Å²) in [5, 5.41) is 2.87. The molecule has 1 aliphatic heterocycles. The van der Waals surface area contributed by atoms with Gasteiger partial charge in [-0.05, 0) is 61.9 Å². The Labute approximate surface area is 189 Å². The number of para-hydroxylation sites is 1. The van der Waals surface area contributed by atoms with Crippen LogP contribution in [-0.4, -0.2) is 43.9 Å². The fourth-order valence-electron chi connectivity index (χ4n) is 4.22. The minimum Gasteiger partial charge on any atom is -0.353 e. The van der Waals surface area contributed by atoms with Crippen LogP contribution < -0.4 is 9.62 Å². The summed E-state index contributed by atoms with van der Waals surface area (Å²) >= 11 is 0. The summed E-state index contributed by atoms with van der Waals surface area (Å²) in [6.45, 7) is 1.12. The molecule has 0 spiro atoms. The fraction of sp³-hybridized carbons (Fsp3) is 0.292. The first-order chi connectivity index (χ1) is 15.4. The van der Waals surface area contributed by atoms with Crippen LogP contribution in [0.25, 0.3) is 0 Å². The van der Waals surface area contributed by atoms with Gasteiger partial charge in [-0.25, -0.2) is 8.42 Å². The minimum absolute atomic E-state index is 0.129. The van der Waals surface area contributed by atoms with Crippen molar-refractivity contribution in [2.75, 3.05) is 29.8 Å². The second-order valence-electron chi connectivity index (χ2n) is 8.06. The van der Waals surface area contributed by atoms with E-state index < -0.39 is 10.0 Å². The van der Waals surface area contributed by atoms with Crippen LogP contribution in [0.1, 0.15) is 24.6 Å². The van der Waals surface area contributed by atoms with Crippen molar-refractivity contribution in [2.45, 2.75) is 23.8 Å². The van der Waals surface area contributed by atoms with Gasteiger partial charge < -0.3 is 9.88 Å². The molecule has 1 aliphatic rings. The molecule has 1 fully saturated rings. The molecule has 3 aromatic rings. The highest BCUT2D eigenvalue weighted by molar-refractivity contribution is 7.92. The molecule has 0 saturated carbocycles. The van der Waals surface area contributed by atoms with E-state index in [1.54, 1.807) is 36.4 Å². The third kappa shape index (κ3) is 4.56. The van der Waals surface area contributed by atoms with Gasteiger partial charge in [-0.15, -0.1) is 0 Å². The van der Waals surface area contributed by atoms with Gasteiger partial charge in [0.1, 0.15) is 0 Å². The molecule has 32 heavy (non-hydrogen) atoms. The number of rotatable bonds is 7. The topological polar surface area (TPSA) is 74.7 Å². The molecule has 1 saturated heterocycles. The van der Waals surface area contributed by atoms with Crippen molar-refractivity contribution in [1.82, 2.24) is 9.47 Å². The lowest BCUT2D eigenvalue weighted by Gasteiger charge is -2.24. The average Bonchev–Trinajstić information content (AvgIpc) is 3.42. The molecule has 0 radical (unpaired) electrons. The van der Waals surface area contributed by atoms with E-state index >= 15 is 0 Å². The number of carbonyl (C=O) groups excluding carboxylic acids is 1. The number of nitrogens with zero attached hydrogens (tertiary/aromatic N) is 3. The first-order valence-corrected chi connectivity index (χ1v) is 12.1. The van der Waals surface area contributed by atoms with Crippen molar-refractivity contribution in [3.05, 3.63) is 78.6 Å². The molecule has 0 bridgehead atoms. The third-order valence-corrected chi connectivity index (χ3v) is 7.71. The highest BCUT2D eigenvalue weighted by Gasteiger charge is 2.29. The summed E-state index contributed by atoms with van der Waals surface area (Å²) in [5.41, 5.74) is 2.24. The number of hydrogen-bond acceptors (Lipinski definition) is 4. The van der Waals surface area contributed by atoms with Gasteiger partial charge in [0.2, 0.25) is 5.91 Å². The van der Waals surface area contributed by atoms with E-state index in [1.807, 2.05) is 25.4 Å². The molecule has 8 heteroatoms. The summed E-state index contributed by atoms with van der Waals surface area (Å²) in [7, 11) is -0.208. The molecule has 0 aliphatic carbocycles. The number of aromatic nitrogens is 1. The zero-order valence-electron chi connectivity index (χ0n) is 18.3. The predicted molar refractivity (Wildman–Crippen MR) is 126 cm³/mol. The molecule has 1 atom stereocenters. The second-order valence-corrected chi connectivity index (χ2v) is 10.0. The number of aryl methyl sites for hydroxylation is 1. The van der Waals surface area contributed by atoms with E-state index in [0.717, 1.165) is 19.4 Å². The van der Waals surface area contributed by atoms with Gasteiger partial charge in [0.05, 0.1) is 23.2 Å². The molecule has 1 aromatic heterocycles. The standard InChI is InChI=1S/C24H28N4O3S/c1-26-15-7-13-22(26)23-14-8-16-28(23)18-24(29)25-19-9-6-12-21(17-19)32(30,31)27(2)20-10-4-3-5-11-20/h3-7,9-13,15,17,23H,8,14,16,18H2,1-2H3,(H,25,29). The third-order valence-electron chi connectivity index (χ3n) is 5.93. The summed E-state index contributed by atoms with van der Waals surface area (Å²) in [5.74, 6) is -0.155. The molecule has 7 nitrogen and oxygen atoms in total. The molecule has 168 valence electrons. The van der Waals surface area contributed by atoms with Crippen LogP contribution in [0.4, 0.5) is 11.4 Å². The number of sulfonamides is 1. The Hall–Kier alpha value is -3.10. The van der Waals surface area contributed by atoms with E-state index in [4.69, 9.17) is 0 Å². The Bertz CT molecular complexity index is 1190. The lowest BCUT2D eigenvalue weighted by Crippen LogP contribution is -2.33. The summed E-state index contributed by atoms with van der Waals surface area (Å²) in [4.78, 5) is 15.1. The number of nitrogens with one attached hydrogen (secondary N) is 1. The van der Waals surface area contributed by atoms with E-state index in [2.05, 4.69) is 20.9 Å². The Morgan fingerprint density at radius 1 is 1.09 bits per heavy atom. The second kappa shape index (κ2) is 9.18. The number of carbonyl (C=O) groups is 1. The van der Waals surface area contributed by atoms with E-state index in [0.29, 0.717) is 11.4 Å². The van der Waals surface area contributed by atoms with E-state index in [-0.39, 0.29) is 23.4 Å². The Morgan fingerprint density at radius 3 is 2.59 bits per heavy atom. The Morgan fingerprint density at radius 2 is 1.88 bits per heavy atom. The number of anilines is 2. The van der Waals surface area contributed by atoms with Crippen molar-refractivity contribution in [3.8, 4) is 0 Å². The van der Waals surface area contributed by atoms with Crippen LogP contribution in [0.3, 0.4) is 0 Å². The number of amides is 1. The van der Waals surface area contributed by atoms with Gasteiger partial charge in [0.25, 0.3) is 10.0 Å². The molecule has 1 amide bonds. The van der Waals surface area contributed by atoms with Gasteiger partial charge in [0, 0.05) is 31.7 Å². The Kier molecular flexibility index (Phi) is 6.34. The normalized spacial score (nSPS) is 16.8. The van der Waals surface area contributed by atoms with Gasteiger partial charge in [-0.2, -0.15) is 0 Å². The smallest absolute Gasteiger partial charge is 0.264 e. The zero-order valence-corrected chi connectivity index (χ0v) is 19.1. The summed E-state index contributed by atoms with van der Waals surface area (Å²) < 4.78 is 29.5. The molecule has 1 N–H and O–H groups in total. The first kappa shape index (κ1) is 22.1. The summed E-state index contributed by atoms with van der Waals surface area (Å²) in [6, 6.07) is 19.6. The van der Waals surface area contributed by atoms with Crippen molar-refractivity contribution in [2.24, 2.45) is 7.05 Å². The van der Waals surface area contributed by atoms with Gasteiger partial charge >= 0.3 is 0 Å². The van der Waals surface area contributed by atoms with Crippen molar-refractivity contribution >= 4 is 27.3 Å². The lowest BCUT2D eigenvalue weighted by atomic mass is 10.1.